The van der Waals surface area contributed by atoms with Crippen LogP contribution < -0.4 is 5.32 Å². The van der Waals surface area contributed by atoms with Crippen LogP contribution in [0.2, 0.25) is 0 Å². The lowest BCUT2D eigenvalue weighted by Gasteiger charge is -2.38. The molecule has 3 rings (SSSR count). The van der Waals surface area contributed by atoms with Gasteiger partial charge in [-0.2, -0.15) is 0 Å². The average Bonchev–Trinajstić information content (AvgIpc) is 2.79. The van der Waals surface area contributed by atoms with Crippen molar-refractivity contribution in [1.82, 2.24) is 10.2 Å². The summed E-state index contributed by atoms with van der Waals surface area (Å²) in [6.07, 6.45) is 8.75. The molecule has 2 atom stereocenters. The number of fused-ring (bicyclic) bond motifs is 1. The van der Waals surface area contributed by atoms with Crippen LogP contribution in [0.1, 0.15) is 45.4 Å². The lowest BCUT2D eigenvalue weighted by molar-refractivity contribution is 0.123. The van der Waals surface area contributed by atoms with E-state index in [1.54, 1.807) is 0 Å². The summed E-state index contributed by atoms with van der Waals surface area (Å²) in [5.41, 5.74) is 0. The molecule has 3 fully saturated rings. The minimum Gasteiger partial charge on any atom is -0.314 e. The normalized spacial score (nSPS) is 41.2. The topological polar surface area (TPSA) is 15.3 Å². The smallest absolute Gasteiger partial charge is 0.0120 e. The Balaban J connectivity index is 0.00000120. The third-order valence-electron chi connectivity index (χ3n) is 5.39. The van der Waals surface area contributed by atoms with Gasteiger partial charge in [-0.05, 0) is 56.5 Å². The van der Waals surface area contributed by atoms with Gasteiger partial charge in [-0.3, -0.25) is 0 Å². The average molecular weight is 273 g/mol. The van der Waals surface area contributed by atoms with Gasteiger partial charge in [0.15, 0.2) is 0 Å². The fraction of sp³-hybridized carbons (Fsp3) is 1.00. The summed E-state index contributed by atoms with van der Waals surface area (Å²) >= 11 is 0. The molecule has 0 radical (unpaired) electrons. The lowest BCUT2D eigenvalue weighted by Crippen LogP contribution is -2.46. The molecule has 1 saturated carbocycles. The van der Waals surface area contributed by atoms with Crippen LogP contribution in [-0.2, 0) is 0 Å². The Morgan fingerprint density at radius 2 is 1.83 bits per heavy atom. The van der Waals surface area contributed by atoms with Gasteiger partial charge < -0.3 is 10.2 Å². The summed E-state index contributed by atoms with van der Waals surface area (Å²) < 4.78 is 0. The van der Waals surface area contributed by atoms with E-state index in [2.05, 4.69) is 17.1 Å². The molecule has 2 aliphatic heterocycles. The highest BCUT2D eigenvalue weighted by Crippen LogP contribution is 2.31. The van der Waals surface area contributed by atoms with Crippen LogP contribution >= 0.6 is 12.4 Å². The van der Waals surface area contributed by atoms with Crippen molar-refractivity contribution in [3.63, 3.8) is 0 Å². The summed E-state index contributed by atoms with van der Waals surface area (Å²) in [6.45, 7) is 7.82. The van der Waals surface area contributed by atoms with E-state index in [0.29, 0.717) is 0 Å². The van der Waals surface area contributed by atoms with Crippen LogP contribution in [0, 0.1) is 17.8 Å². The molecule has 0 aromatic heterocycles. The summed E-state index contributed by atoms with van der Waals surface area (Å²) in [6, 6.07) is 0.859. The van der Waals surface area contributed by atoms with Crippen molar-refractivity contribution in [3.05, 3.63) is 0 Å². The van der Waals surface area contributed by atoms with Crippen molar-refractivity contribution in [1.29, 1.82) is 0 Å². The molecule has 18 heavy (non-hydrogen) atoms. The second-order valence-electron chi connectivity index (χ2n) is 6.78. The zero-order chi connectivity index (χ0) is 11.7. The Hall–Kier alpha value is 0.210. The maximum Gasteiger partial charge on any atom is 0.0120 e. The van der Waals surface area contributed by atoms with Crippen molar-refractivity contribution < 1.29 is 0 Å². The number of likely N-dealkylation sites (tertiary alicyclic amines) is 1. The van der Waals surface area contributed by atoms with Gasteiger partial charge >= 0.3 is 0 Å². The van der Waals surface area contributed by atoms with Gasteiger partial charge in [-0.15, -0.1) is 12.4 Å². The molecule has 1 aliphatic carbocycles. The Bertz CT molecular complexity index is 251. The first-order chi connectivity index (χ1) is 8.31. The van der Waals surface area contributed by atoms with Crippen LogP contribution in [0.4, 0.5) is 0 Å². The first kappa shape index (κ1) is 14.6. The fourth-order valence-corrected chi connectivity index (χ4v) is 4.17. The highest BCUT2D eigenvalue weighted by Gasteiger charge is 2.33. The van der Waals surface area contributed by atoms with Gasteiger partial charge in [0.05, 0.1) is 0 Å². The molecule has 0 spiro atoms. The number of nitrogens with one attached hydrogen (secondary N) is 1. The van der Waals surface area contributed by atoms with Crippen LogP contribution in [0.3, 0.4) is 0 Å². The molecule has 2 unspecified atom stereocenters. The maximum atomic E-state index is 3.66. The first-order valence-corrected chi connectivity index (χ1v) is 7.77. The van der Waals surface area contributed by atoms with E-state index in [-0.39, 0.29) is 12.4 Å². The highest BCUT2D eigenvalue weighted by molar-refractivity contribution is 5.85. The van der Waals surface area contributed by atoms with Gasteiger partial charge in [-0.1, -0.05) is 19.8 Å². The van der Waals surface area contributed by atoms with E-state index >= 15 is 0 Å². The third kappa shape index (κ3) is 3.40. The number of hydrogen-bond donors (Lipinski definition) is 1. The Kier molecular flexibility index (Phi) is 5.35. The number of hydrogen-bond acceptors (Lipinski definition) is 2. The summed E-state index contributed by atoms with van der Waals surface area (Å²) in [5.74, 6) is 2.97. The molecule has 2 heterocycles. The number of nitrogens with zero attached hydrogens (tertiary/aromatic N) is 1. The molecule has 2 nitrogen and oxygen atoms in total. The molecular weight excluding hydrogens is 244 g/mol. The fourth-order valence-electron chi connectivity index (χ4n) is 4.17. The predicted octanol–water partition coefficient (Wildman–Crippen LogP) is 2.92. The van der Waals surface area contributed by atoms with Crippen molar-refractivity contribution in [2.75, 3.05) is 26.2 Å². The SMILES string of the molecule is CC1CCC(CN2CCC3NCCC3C2)CC1.Cl. The Morgan fingerprint density at radius 3 is 2.61 bits per heavy atom. The van der Waals surface area contributed by atoms with Gasteiger partial charge in [0.25, 0.3) is 0 Å². The van der Waals surface area contributed by atoms with Gasteiger partial charge in [-0.25, -0.2) is 0 Å². The van der Waals surface area contributed by atoms with E-state index in [0.717, 1.165) is 23.8 Å². The van der Waals surface area contributed by atoms with Crippen LogP contribution in [0.15, 0.2) is 0 Å². The van der Waals surface area contributed by atoms with Gasteiger partial charge in [0, 0.05) is 19.1 Å². The van der Waals surface area contributed by atoms with Crippen molar-refractivity contribution in [2.45, 2.75) is 51.5 Å². The van der Waals surface area contributed by atoms with Crippen LogP contribution in [0.25, 0.3) is 0 Å². The van der Waals surface area contributed by atoms with Gasteiger partial charge in [0.2, 0.25) is 0 Å². The van der Waals surface area contributed by atoms with Crippen molar-refractivity contribution >= 4 is 12.4 Å². The summed E-state index contributed by atoms with van der Waals surface area (Å²) in [4.78, 5) is 2.77. The molecule has 0 aromatic rings. The van der Waals surface area contributed by atoms with E-state index in [1.807, 2.05) is 0 Å². The molecule has 106 valence electrons. The highest BCUT2D eigenvalue weighted by atomic mass is 35.5. The summed E-state index contributed by atoms with van der Waals surface area (Å²) in [5, 5.41) is 3.66. The van der Waals surface area contributed by atoms with Crippen LogP contribution in [-0.4, -0.2) is 37.1 Å². The van der Waals surface area contributed by atoms with E-state index in [9.17, 15) is 0 Å². The molecule has 0 bridgehead atoms. The number of piperidine rings is 1. The molecule has 0 amide bonds. The number of halogens is 1. The molecular formula is C15H29ClN2. The van der Waals surface area contributed by atoms with E-state index < -0.39 is 0 Å². The largest absolute Gasteiger partial charge is 0.314 e. The molecule has 2 saturated heterocycles. The zero-order valence-electron chi connectivity index (χ0n) is 11.7. The zero-order valence-corrected chi connectivity index (χ0v) is 12.6. The molecule has 0 aromatic carbocycles. The van der Waals surface area contributed by atoms with Crippen molar-refractivity contribution in [2.24, 2.45) is 17.8 Å². The second-order valence-corrected chi connectivity index (χ2v) is 6.78. The molecule has 3 heteroatoms. The minimum absolute atomic E-state index is 0. The molecule has 3 aliphatic rings. The van der Waals surface area contributed by atoms with Gasteiger partial charge in [0.1, 0.15) is 0 Å². The standard InChI is InChI=1S/C15H28N2.ClH/c1-12-2-4-13(5-3-12)10-17-9-7-15-14(11-17)6-8-16-15;/h12-16H,2-11H2,1H3;1H. The summed E-state index contributed by atoms with van der Waals surface area (Å²) in [7, 11) is 0. The van der Waals surface area contributed by atoms with E-state index in [1.165, 1.54) is 64.7 Å². The van der Waals surface area contributed by atoms with Crippen LogP contribution in [0.5, 0.6) is 0 Å². The third-order valence-corrected chi connectivity index (χ3v) is 5.39. The minimum atomic E-state index is 0. The number of rotatable bonds is 2. The van der Waals surface area contributed by atoms with Crippen molar-refractivity contribution in [3.8, 4) is 0 Å². The van der Waals surface area contributed by atoms with E-state index in [4.69, 9.17) is 0 Å². The quantitative estimate of drug-likeness (QED) is 0.832. The predicted molar refractivity (Wildman–Crippen MR) is 79.3 cm³/mol. The monoisotopic (exact) mass is 272 g/mol. The lowest BCUT2D eigenvalue weighted by atomic mass is 9.82. The Morgan fingerprint density at radius 1 is 1.06 bits per heavy atom. The molecule has 1 N–H and O–H groups in total. The Labute approximate surface area is 118 Å². The first-order valence-electron chi connectivity index (χ1n) is 7.77. The maximum absolute atomic E-state index is 3.66. The second kappa shape index (κ2) is 6.58.